The van der Waals surface area contributed by atoms with Crippen molar-refractivity contribution in [1.82, 2.24) is 14.7 Å². The lowest BCUT2D eigenvalue weighted by Gasteiger charge is -2.13. The Morgan fingerprint density at radius 3 is 2.95 bits per heavy atom. The maximum Gasteiger partial charge on any atom is 0.246 e. The van der Waals surface area contributed by atoms with Crippen LogP contribution in [0.3, 0.4) is 0 Å². The number of carbonyl (C=O) groups is 1. The summed E-state index contributed by atoms with van der Waals surface area (Å²) in [7, 11) is 3.62. The number of amides is 1. The zero-order valence-corrected chi connectivity index (χ0v) is 11.7. The van der Waals surface area contributed by atoms with Gasteiger partial charge in [0, 0.05) is 44.2 Å². The maximum absolute atomic E-state index is 12.0. The van der Waals surface area contributed by atoms with Gasteiger partial charge >= 0.3 is 0 Å². The van der Waals surface area contributed by atoms with Crippen LogP contribution in [-0.4, -0.2) is 27.6 Å². The molecule has 5 heteroatoms. The number of nitrogens with two attached hydrogens (primary N) is 1. The highest BCUT2D eigenvalue weighted by molar-refractivity contribution is 5.91. The topological polar surface area (TPSA) is 64.2 Å². The van der Waals surface area contributed by atoms with E-state index in [4.69, 9.17) is 5.73 Å². The van der Waals surface area contributed by atoms with Crippen LogP contribution in [-0.2, 0) is 18.4 Å². The van der Waals surface area contributed by atoms with Gasteiger partial charge in [0.2, 0.25) is 5.91 Å². The van der Waals surface area contributed by atoms with Crippen LogP contribution < -0.4 is 5.73 Å². The van der Waals surface area contributed by atoms with Crippen molar-refractivity contribution in [2.75, 3.05) is 12.8 Å². The number of nitrogens with zero attached hydrogens (tertiary/aromatic N) is 3. The van der Waals surface area contributed by atoms with E-state index in [9.17, 15) is 4.79 Å². The summed E-state index contributed by atoms with van der Waals surface area (Å²) < 4.78 is 1.72. The van der Waals surface area contributed by atoms with E-state index < -0.39 is 0 Å². The second kappa shape index (κ2) is 6.06. The molecule has 0 atom stereocenters. The molecular formula is C15H18N4O. The van der Waals surface area contributed by atoms with E-state index in [1.807, 2.05) is 37.5 Å². The lowest BCUT2D eigenvalue weighted by Crippen LogP contribution is -2.23. The van der Waals surface area contributed by atoms with Crippen molar-refractivity contribution in [3.05, 3.63) is 53.9 Å². The maximum atomic E-state index is 12.0. The Morgan fingerprint density at radius 1 is 1.50 bits per heavy atom. The number of aromatic nitrogens is 2. The van der Waals surface area contributed by atoms with E-state index in [0.717, 1.165) is 11.1 Å². The summed E-state index contributed by atoms with van der Waals surface area (Å²) in [4.78, 5) is 13.6. The fourth-order valence-corrected chi connectivity index (χ4v) is 1.86. The third-order valence-electron chi connectivity index (χ3n) is 2.88. The highest BCUT2D eigenvalue weighted by Gasteiger charge is 2.06. The van der Waals surface area contributed by atoms with Gasteiger partial charge in [0.1, 0.15) is 0 Å². The third-order valence-corrected chi connectivity index (χ3v) is 2.88. The molecule has 5 nitrogen and oxygen atoms in total. The molecule has 0 bridgehead atoms. The van der Waals surface area contributed by atoms with Gasteiger partial charge in [-0.2, -0.15) is 5.10 Å². The molecule has 0 saturated carbocycles. The van der Waals surface area contributed by atoms with E-state index in [-0.39, 0.29) is 5.91 Å². The van der Waals surface area contributed by atoms with Crippen LogP contribution in [0.4, 0.5) is 5.69 Å². The molecule has 104 valence electrons. The van der Waals surface area contributed by atoms with Crippen LogP contribution >= 0.6 is 0 Å². The molecule has 0 fully saturated rings. The zero-order valence-electron chi connectivity index (χ0n) is 11.7. The molecular weight excluding hydrogens is 252 g/mol. The molecule has 0 aliphatic rings. The van der Waals surface area contributed by atoms with Crippen LogP contribution in [0.25, 0.3) is 6.08 Å². The first kappa shape index (κ1) is 13.9. The van der Waals surface area contributed by atoms with E-state index in [2.05, 4.69) is 5.10 Å². The number of hydrogen-bond donors (Lipinski definition) is 1. The second-order valence-electron chi connectivity index (χ2n) is 4.72. The summed E-state index contributed by atoms with van der Waals surface area (Å²) in [5, 5.41) is 4.08. The average Bonchev–Trinajstić information content (AvgIpc) is 2.81. The van der Waals surface area contributed by atoms with Gasteiger partial charge in [-0.15, -0.1) is 0 Å². The summed E-state index contributed by atoms with van der Waals surface area (Å²) in [5.74, 6) is -0.0590. The van der Waals surface area contributed by atoms with Gasteiger partial charge in [-0.25, -0.2) is 0 Å². The second-order valence-corrected chi connectivity index (χ2v) is 4.72. The van der Waals surface area contributed by atoms with Crippen molar-refractivity contribution in [2.45, 2.75) is 6.54 Å². The minimum Gasteiger partial charge on any atom is -0.399 e. The van der Waals surface area contributed by atoms with Crippen LogP contribution in [0.15, 0.2) is 42.7 Å². The van der Waals surface area contributed by atoms with E-state index >= 15 is 0 Å². The molecule has 0 radical (unpaired) electrons. The van der Waals surface area contributed by atoms with Crippen molar-refractivity contribution in [2.24, 2.45) is 7.05 Å². The van der Waals surface area contributed by atoms with Gasteiger partial charge in [-0.05, 0) is 23.8 Å². The van der Waals surface area contributed by atoms with Crippen molar-refractivity contribution in [3.63, 3.8) is 0 Å². The summed E-state index contributed by atoms with van der Waals surface area (Å²) in [6.07, 6.45) is 6.96. The van der Waals surface area contributed by atoms with Gasteiger partial charge in [-0.3, -0.25) is 9.48 Å². The number of carbonyl (C=O) groups excluding carboxylic acids is 1. The highest BCUT2D eigenvalue weighted by Crippen LogP contribution is 2.09. The number of rotatable bonds is 4. The summed E-state index contributed by atoms with van der Waals surface area (Å²) in [6, 6.07) is 7.40. The van der Waals surface area contributed by atoms with Crippen LogP contribution in [0, 0.1) is 0 Å². The normalized spacial score (nSPS) is 10.9. The van der Waals surface area contributed by atoms with Gasteiger partial charge < -0.3 is 10.6 Å². The van der Waals surface area contributed by atoms with Crippen molar-refractivity contribution in [1.29, 1.82) is 0 Å². The molecule has 1 heterocycles. The number of aryl methyl sites for hydroxylation is 1. The molecule has 0 saturated heterocycles. The number of likely N-dealkylation sites (N-methyl/N-ethyl adjacent to an activating group) is 1. The van der Waals surface area contributed by atoms with Gasteiger partial charge in [0.25, 0.3) is 0 Å². The number of nitrogen functional groups attached to an aromatic ring is 1. The molecule has 0 aliphatic heterocycles. The Balaban J connectivity index is 1.97. The molecule has 0 spiro atoms. The Hall–Kier alpha value is -2.56. The molecule has 1 amide bonds. The average molecular weight is 270 g/mol. The van der Waals surface area contributed by atoms with Gasteiger partial charge in [0.05, 0.1) is 6.20 Å². The van der Waals surface area contributed by atoms with Gasteiger partial charge in [-0.1, -0.05) is 12.1 Å². The van der Waals surface area contributed by atoms with Crippen molar-refractivity contribution in [3.8, 4) is 0 Å². The van der Waals surface area contributed by atoms with E-state index in [1.54, 1.807) is 35.0 Å². The molecule has 1 aromatic carbocycles. The highest BCUT2D eigenvalue weighted by atomic mass is 16.2. The van der Waals surface area contributed by atoms with E-state index in [1.165, 1.54) is 0 Å². The Bertz CT molecular complexity index is 630. The summed E-state index contributed by atoms with van der Waals surface area (Å²) >= 11 is 0. The largest absolute Gasteiger partial charge is 0.399 e. The summed E-state index contributed by atoms with van der Waals surface area (Å²) in [6.45, 7) is 0.536. The fourth-order valence-electron chi connectivity index (χ4n) is 1.86. The molecule has 0 aliphatic carbocycles. The SMILES string of the molecule is CN(Cc1cnn(C)c1)C(=O)/C=C/c1cccc(N)c1. The van der Waals surface area contributed by atoms with Crippen molar-refractivity contribution < 1.29 is 4.79 Å². The first-order chi connectivity index (χ1) is 9.54. The molecule has 2 aromatic rings. The van der Waals surface area contributed by atoms with Crippen LogP contribution in [0.2, 0.25) is 0 Å². The molecule has 1 aromatic heterocycles. The first-order valence-electron chi connectivity index (χ1n) is 6.31. The zero-order chi connectivity index (χ0) is 14.5. The number of benzene rings is 1. The fraction of sp³-hybridized carbons (Fsp3) is 0.200. The minimum atomic E-state index is -0.0590. The smallest absolute Gasteiger partial charge is 0.246 e. The summed E-state index contributed by atoms with van der Waals surface area (Å²) in [5.41, 5.74) is 8.29. The predicted octanol–water partition coefficient (Wildman–Crippen LogP) is 1.67. The van der Waals surface area contributed by atoms with Crippen LogP contribution in [0.1, 0.15) is 11.1 Å². The monoisotopic (exact) mass is 270 g/mol. The van der Waals surface area contributed by atoms with Crippen LogP contribution in [0.5, 0.6) is 0 Å². The molecule has 2 N–H and O–H groups in total. The first-order valence-corrected chi connectivity index (χ1v) is 6.31. The number of hydrogen-bond acceptors (Lipinski definition) is 3. The minimum absolute atomic E-state index is 0.0590. The predicted molar refractivity (Wildman–Crippen MR) is 79.6 cm³/mol. The van der Waals surface area contributed by atoms with Crippen molar-refractivity contribution >= 4 is 17.7 Å². The number of anilines is 1. The molecule has 0 unspecified atom stereocenters. The van der Waals surface area contributed by atoms with E-state index in [0.29, 0.717) is 12.2 Å². The standard InChI is InChI=1S/C15H18N4O/c1-18(10-13-9-17-19(2)11-13)15(20)7-6-12-4-3-5-14(16)8-12/h3-9,11H,10,16H2,1-2H3/b7-6+. The Labute approximate surface area is 118 Å². The Morgan fingerprint density at radius 2 is 2.30 bits per heavy atom. The quantitative estimate of drug-likeness (QED) is 0.679. The molecule has 20 heavy (non-hydrogen) atoms. The lowest BCUT2D eigenvalue weighted by molar-refractivity contribution is -0.125. The lowest BCUT2D eigenvalue weighted by atomic mass is 10.2. The third kappa shape index (κ3) is 3.71. The Kier molecular flexibility index (Phi) is 4.20. The molecule has 2 rings (SSSR count). The van der Waals surface area contributed by atoms with Gasteiger partial charge in [0.15, 0.2) is 0 Å².